The molecule has 3 aromatic rings. The second kappa shape index (κ2) is 4.79. The second-order valence-corrected chi connectivity index (χ2v) is 5.59. The highest BCUT2D eigenvalue weighted by Gasteiger charge is 2.31. The van der Waals surface area contributed by atoms with Gasteiger partial charge in [0.1, 0.15) is 22.8 Å². The zero-order valence-corrected chi connectivity index (χ0v) is 12.4. The molecule has 23 heavy (non-hydrogen) atoms. The summed E-state index contributed by atoms with van der Waals surface area (Å²) in [4.78, 5) is 15.5. The van der Waals surface area contributed by atoms with Gasteiger partial charge in [-0.2, -0.15) is 0 Å². The van der Waals surface area contributed by atoms with E-state index in [-0.39, 0.29) is 28.6 Å². The number of halogens is 1. The van der Waals surface area contributed by atoms with Crippen molar-refractivity contribution < 1.29 is 19.7 Å². The van der Waals surface area contributed by atoms with E-state index in [0.717, 1.165) is 17.0 Å². The van der Waals surface area contributed by atoms with Crippen LogP contribution in [0.25, 0.3) is 17.0 Å². The van der Waals surface area contributed by atoms with E-state index in [2.05, 4.69) is 4.98 Å². The molecule has 114 valence electrons. The van der Waals surface area contributed by atoms with Crippen molar-refractivity contribution in [3.63, 3.8) is 0 Å². The number of allylic oxidation sites excluding steroid dienone is 1. The van der Waals surface area contributed by atoms with Crippen LogP contribution in [0, 0.1) is 0 Å². The van der Waals surface area contributed by atoms with Gasteiger partial charge in [-0.1, -0.05) is 17.7 Å². The number of carbonyl (C=O) groups is 1. The quantitative estimate of drug-likeness (QED) is 0.593. The lowest BCUT2D eigenvalue weighted by molar-refractivity contribution is 0.101. The van der Waals surface area contributed by atoms with Gasteiger partial charge >= 0.3 is 0 Å². The molecule has 0 unspecified atom stereocenters. The molecular formula is C17H10ClNO4. The van der Waals surface area contributed by atoms with Crippen molar-refractivity contribution in [1.29, 1.82) is 0 Å². The summed E-state index contributed by atoms with van der Waals surface area (Å²) >= 11 is 6.21. The largest absolute Gasteiger partial charge is 0.508 e. The molecule has 0 fully saturated rings. The van der Waals surface area contributed by atoms with Crippen LogP contribution < -0.4 is 4.74 Å². The van der Waals surface area contributed by atoms with Gasteiger partial charge in [-0.05, 0) is 18.2 Å². The van der Waals surface area contributed by atoms with E-state index in [1.54, 1.807) is 18.3 Å². The standard InChI is InChI=1S/C17H10ClNO4/c18-10-2-1-3-11-15(10)8(7-19-11)4-14-17(22)16-12(21)5-9(20)6-13(16)23-14/h1-7,19-21H. The van der Waals surface area contributed by atoms with Gasteiger partial charge in [0.2, 0.25) is 5.78 Å². The molecule has 5 nitrogen and oxygen atoms in total. The molecule has 6 heteroatoms. The number of benzene rings is 2. The third-order valence-corrected chi connectivity index (χ3v) is 4.02. The van der Waals surface area contributed by atoms with E-state index < -0.39 is 5.78 Å². The Kier molecular flexibility index (Phi) is 2.86. The summed E-state index contributed by atoms with van der Waals surface area (Å²) in [6, 6.07) is 7.85. The molecule has 0 aliphatic carbocycles. The van der Waals surface area contributed by atoms with Gasteiger partial charge in [-0.25, -0.2) is 0 Å². The van der Waals surface area contributed by atoms with Crippen molar-refractivity contribution >= 4 is 34.4 Å². The van der Waals surface area contributed by atoms with Gasteiger partial charge in [0.05, 0.1) is 5.02 Å². The van der Waals surface area contributed by atoms with Crippen molar-refractivity contribution in [3.8, 4) is 17.2 Å². The maximum atomic E-state index is 12.4. The third-order valence-electron chi connectivity index (χ3n) is 3.71. The first-order valence-electron chi connectivity index (χ1n) is 6.80. The van der Waals surface area contributed by atoms with E-state index >= 15 is 0 Å². The summed E-state index contributed by atoms with van der Waals surface area (Å²) in [6.45, 7) is 0. The number of aromatic hydroxyl groups is 2. The lowest BCUT2D eigenvalue weighted by Crippen LogP contribution is -1.98. The van der Waals surface area contributed by atoms with Crippen LogP contribution in [0.1, 0.15) is 15.9 Å². The first kappa shape index (κ1) is 13.7. The van der Waals surface area contributed by atoms with Crippen LogP contribution in [-0.2, 0) is 0 Å². The number of aromatic amines is 1. The Morgan fingerprint density at radius 1 is 1.22 bits per heavy atom. The van der Waals surface area contributed by atoms with Gasteiger partial charge < -0.3 is 19.9 Å². The number of hydrogen-bond donors (Lipinski definition) is 3. The molecule has 0 spiro atoms. The number of phenols is 2. The third kappa shape index (κ3) is 2.05. The van der Waals surface area contributed by atoms with Gasteiger partial charge in [-0.15, -0.1) is 0 Å². The maximum absolute atomic E-state index is 12.4. The number of rotatable bonds is 1. The summed E-state index contributed by atoms with van der Waals surface area (Å²) in [6.07, 6.45) is 3.28. The molecule has 0 saturated heterocycles. The fourth-order valence-corrected chi connectivity index (χ4v) is 2.98. The predicted octanol–water partition coefficient (Wildman–Crippen LogP) is 3.85. The minimum atomic E-state index is -0.445. The number of H-pyrrole nitrogens is 1. The fraction of sp³-hybridized carbons (Fsp3) is 0. The summed E-state index contributed by atoms with van der Waals surface area (Å²) < 4.78 is 5.48. The van der Waals surface area contributed by atoms with Crippen molar-refractivity contribution in [2.45, 2.75) is 0 Å². The summed E-state index contributed by atoms with van der Waals surface area (Å²) in [5, 5.41) is 20.7. The Balaban J connectivity index is 1.84. The lowest BCUT2D eigenvalue weighted by atomic mass is 10.1. The Hall–Kier alpha value is -2.92. The zero-order valence-electron chi connectivity index (χ0n) is 11.6. The number of fused-ring (bicyclic) bond motifs is 2. The number of hydrogen-bond acceptors (Lipinski definition) is 4. The molecule has 0 bridgehead atoms. The molecule has 0 atom stereocenters. The fourth-order valence-electron chi connectivity index (χ4n) is 2.70. The first-order chi connectivity index (χ1) is 11.0. The number of aromatic nitrogens is 1. The summed E-state index contributed by atoms with van der Waals surface area (Å²) in [5.41, 5.74) is 1.58. The number of phenolic OH excluding ortho intramolecular Hbond substituents is 2. The summed E-state index contributed by atoms with van der Waals surface area (Å²) in [5.74, 6) is -0.749. The molecule has 3 N–H and O–H groups in total. The molecule has 2 aromatic carbocycles. The molecule has 1 aliphatic heterocycles. The van der Waals surface area contributed by atoms with Crippen molar-refractivity contribution in [3.05, 3.63) is 58.4 Å². The van der Waals surface area contributed by atoms with Crippen molar-refractivity contribution in [2.75, 3.05) is 0 Å². The number of nitrogens with one attached hydrogen (secondary N) is 1. The average molecular weight is 328 g/mol. The number of carbonyl (C=O) groups excluding carboxylic acids is 1. The smallest absolute Gasteiger partial charge is 0.235 e. The maximum Gasteiger partial charge on any atom is 0.235 e. The Morgan fingerprint density at radius 2 is 2.04 bits per heavy atom. The normalized spacial score (nSPS) is 15.2. The van der Waals surface area contributed by atoms with Crippen LogP contribution in [0.5, 0.6) is 17.2 Å². The second-order valence-electron chi connectivity index (χ2n) is 5.18. The Morgan fingerprint density at radius 3 is 2.87 bits per heavy atom. The topological polar surface area (TPSA) is 82.6 Å². The minimum Gasteiger partial charge on any atom is -0.508 e. The summed E-state index contributed by atoms with van der Waals surface area (Å²) in [7, 11) is 0. The van der Waals surface area contributed by atoms with E-state index in [1.165, 1.54) is 6.07 Å². The van der Waals surface area contributed by atoms with Crippen LogP contribution in [0.4, 0.5) is 0 Å². The number of ether oxygens (including phenoxy) is 1. The van der Waals surface area contributed by atoms with Crippen LogP contribution in [0.15, 0.2) is 42.3 Å². The highest BCUT2D eigenvalue weighted by Crippen LogP contribution is 2.41. The van der Waals surface area contributed by atoms with E-state index in [1.807, 2.05) is 12.1 Å². The van der Waals surface area contributed by atoms with Crippen molar-refractivity contribution in [1.82, 2.24) is 4.98 Å². The monoisotopic (exact) mass is 327 g/mol. The first-order valence-corrected chi connectivity index (χ1v) is 7.18. The average Bonchev–Trinajstić information content (AvgIpc) is 3.03. The van der Waals surface area contributed by atoms with Gasteiger partial charge in [0, 0.05) is 34.8 Å². The van der Waals surface area contributed by atoms with Crippen molar-refractivity contribution in [2.24, 2.45) is 0 Å². The molecule has 1 aromatic heterocycles. The molecule has 0 amide bonds. The number of Topliss-reactive ketones (excluding diaryl/α,β-unsaturated/α-hetero) is 1. The number of ketones is 1. The Bertz CT molecular complexity index is 1000. The van der Waals surface area contributed by atoms with Crippen LogP contribution in [0.2, 0.25) is 5.02 Å². The molecule has 0 saturated carbocycles. The van der Waals surface area contributed by atoms with E-state index in [9.17, 15) is 15.0 Å². The Labute approximate surface area is 135 Å². The highest BCUT2D eigenvalue weighted by atomic mass is 35.5. The van der Waals surface area contributed by atoms with Gasteiger partial charge in [0.15, 0.2) is 5.76 Å². The molecule has 1 aliphatic rings. The highest BCUT2D eigenvalue weighted by molar-refractivity contribution is 6.36. The van der Waals surface area contributed by atoms with E-state index in [0.29, 0.717) is 10.6 Å². The zero-order chi connectivity index (χ0) is 16.1. The van der Waals surface area contributed by atoms with Crippen LogP contribution in [-0.4, -0.2) is 21.0 Å². The molecular weight excluding hydrogens is 318 g/mol. The van der Waals surface area contributed by atoms with Crippen LogP contribution in [0.3, 0.4) is 0 Å². The van der Waals surface area contributed by atoms with Crippen LogP contribution >= 0.6 is 11.6 Å². The SMILES string of the molecule is O=C1C(=Cc2c[nH]c3cccc(Cl)c23)Oc2cc(O)cc(O)c21. The van der Waals surface area contributed by atoms with Gasteiger partial charge in [0.25, 0.3) is 0 Å². The van der Waals surface area contributed by atoms with Gasteiger partial charge in [-0.3, -0.25) is 4.79 Å². The van der Waals surface area contributed by atoms with E-state index in [4.69, 9.17) is 16.3 Å². The predicted molar refractivity (Wildman–Crippen MR) is 86.0 cm³/mol. The lowest BCUT2D eigenvalue weighted by Gasteiger charge is -2.00. The molecule has 4 rings (SSSR count). The minimum absolute atomic E-state index is 0.0417. The molecule has 0 radical (unpaired) electrons. The molecule has 2 heterocycles.